The molecule has 1 saturated carbocycles. The molecule has 3 aliphatic rings. The Morgan fingerprint density at radius 1 is 1.32 bits per heavy atom. The fourth-order valence-electron chi connectivity index (χ4n) is 4.25. The number of nitrogens with zero attached hydrogens (tertiary/aromatic N) is 4. The zero-order valence-electron chi connectivity index (χ0n) is 18.5. The Morgan fingerprint density at radius 3 is 2.71 bits per heavy atom. The van der Waals surface area contributed by atoms with Gasteiger partial charge in [-0.25, -0.2) is 14.6 Å². The zero-order valence-corrected chi connectivity index (χ0v) is 19.2. The molecule has 1 amide bonds. The van der Waals surface area contributed by atoms with Gasteiger partial charge in [-0.3, -0.25) is 0 Å². The number of amides is 1. The summed E-state index contributed by atoms with van der Waals surface area (Å²) in [5, 5.41) is 3.10. The summed E-state index contributed by atoms with van der Waals surface area (Å²) in [6.45, 7) is 10.6. The molecule has 178 valence electrons. The van der Waals surface area contributed by atoms with E-state index in [2.05, 4.69) is 20.1 Å². The van der Waals surface area contributed by atoms with Crippen LogP contribution in [0, 0.1) is 24.2 Å². The van der Waals surface area contributed by atoms with Gasteiger partial charge in [0.05, 0.1) is 30.5 Å². The number of carbonyl (C=O) groups excluding carboxylic acids is 1. The highest BCUT2D eigenvalue weighted by atomic mass is 35.5. The Labute approximate surface area is 201 Å². The summed E-state index contributed by atoms with van der Waals surface area (Å²) >= 11 is 6.19. The standard InChI is InChI=1S/C23H23ClFN5O4/c1-23(5-6-23)34-22(31)30-8-13-10-32-11-14(9-30)19(13)33-21-18(25)20(27-12-28-21)29-17-4-3-15(26-2)7-16(17)24/h3-4,7,12-14,19H,5-6,8-11H2,1H3,(H,27,28,29). The lowest BCUT2D eigenvalue weighted by Crippen LogP contribution is -2.59. The molecule has 2 bridgehead atoms. The molecular formula is C23H23ClFN5O4. The van der Waals surface area contributed by atoms with E-state index in [1.165, 1.54) is 12.4 Å². The van der Waals surface area contributed by atoms with E-state index in [1.54, 1.807) is 17.0 Å². The number of likely N-dealkylation sites (tertiary alicyclic amines) is 1. The van der Waals surface area contributed by atoms with Crippen LogP contribution in [0.4, 0.5) is 26.4 Å². The second kappa shape index (κ2) is 8.89. The largest absolute Gasteiger partial charge is 0.471 e. The van der Waals surface area contributed by atoms with Crippen molar-refractivity contribution < 1.29 is 23.4 Å². The molecule has 1 aliphatic carbocycles. The van der Waals surface area contributed by atoms with Crippen LogP contribution in [-0.2, 0) is 9.47 Å². The molecule has 1 aromatic carbocycles. The molecule has 11 heteroatoms. The maximum absolute atomic E-state index is 15.2. The lowest BCUT2D eigenvalue weighted by molar-refractivity contribution is -0.112. The first kappa shape index (κ1) is 22.6. The first-order chi connectivity index (χ1) is 16.3. The number of benzene rings is 1. The Balaban J connectivity index is 1.30. The normalized spacial score (nSPS) is 24.6. The molecule has 2 atom stereocenters. The fourth-order valence-corrected chi connectivity index (χ4v) is 4.47. The third kappa shape index (κ3) is 4.58. The van der Waals surface area contributed by atoms with E-state index in [4.69, 9.17) is 32.4 Å². The van der Waals surface area contributed by atoms with Crippen LogP contribution in [0.3, 0.4) is 0 Å². The van der Waals surface area contributed by atoms with Gasteiger partial charge >= 0.3 is 6.09 Å². The van der Waals surface area contributed by atoms with Crippen LogP contribution >= 0.6 is 11.6 Å². The Morgan fingerprint density at radius 2 is 2.06 bits per heavy atom. The van der Waals surface area contributed by atoms with E-state index in [9.17, 15) is 4.79 Å². The minimum absolute atomic E-state index is 0.0948. The van der Waals surface area contributed by atoms with Gasteiger partial charge in [-0.05, 0) is 31.9 Å². The highest BCUT2D eigenvalue weighted by molar-refractivity contribution is 6.33. The van der Waals surface area contributed by atoms with Crippen LogP contribution in [0.2, 0.25) is 5.02 Å². The minimum atomic E-state index is -0.754. The molecule has 2 aromatic rings. The van der Waals surface area contributed by atoms with Gasteiger partial charge in [0.2, 0.25) is 5.82 Å². The van der Waals surface area contributed by atoms with Crippen molar-refractivity contribution in [1.82, 2.24) is 14.9 Å². The summed E-state index contributed by atoms with van der Waals surface area (Å²) in [7, 11) is 0. The summed E-state index contributed by atoms with van der Waals surface area (Å²) in [5.74, 6) is -1.32. The van der Waals surface area contributed by atoms with Gasteiger partial charge in [0.1, 0.15) is 18.0 Å². The smallest absolute Gasteiger partial charge is 0.410 e. The van der Waals surface area contributed by atoms with Crippen molar-refractivity contribution in [2.24, 2.45) is 11.8 Å². The van der Waals surface area contributed by atoms with E-state index in [0.29, 0.717) is 37.7 Å². The fraction of sp³-hybridized carbons (Fsp3) is 0.478. The van der Waals surface area contributed by atoms with E-state index in [0.717, 1.165) is 12.8 Å². The number of hydrogen-bond donors (Lipinski definition) is 1. The number of aromatic nitrogens is 2. The number of anilines is 2. The molecule has 2 saturated heterocycles. The van der Waals surface area contributed by atoms with Gasteiger partial charge in [0.25, 0.3) is 5.88 Å². The van der Waals surface area contributed by atoms with Crippen molar-refractivity contribution in [2.45, 2.75) is 31.5 Å². The highest BCUT2D eigenvalue weighted by Crippen LogP contribution is 2.40. The van der Waals surface area contributed by atoms with Gasteiger partial charge in [0, 0.05) is 24.9 Å². The van der Waals surface area contributed by atoms with Gasteiger partial charge in [-0.1, -0.05) is 17.7 Å². The molecule has 3 heterocycles. The van der Waals surface area contributed by atoms with Gasteiger partial charge < -0.3 is 24.4 Å². The number of rotatable bonds is 5. The number of hydrogen-bond acceptors (Lipinski definition) is 7. The van der Waals surface area contributed by atoms with Crippen molar-refractivity contribution in [3.8, 4) is 5.88 Å². The summed E-state index contributed by atoms with van der Waals surface area (Å²) in [5.41, 5.74) is 0.430. The van der Waals surface area contributed by atoms with Crippen LogP contribution in [0.15, 0.2) is 24.5 Å². The number of halogens is 2. The number of fused-ring (bicyclic) bond motifs is 2. The van der Waals surface area contributed by atoms with Crippen LogP contribution in [-0.4, -0.2) is 59.0 Å². The summed E-state index contributed by atoms with van der Waals surface area (Å²) in [6.07, 6.45) is 2.28. The second-order valence-corrected chi connectivity index (χ2v) is 9.51. The molecule has 1 N–H and O–H groups in total. The van der Waals surface area contributed by atoms with Gasteiger partial charge in [-0.15, -0.1) is 0 Å². The van der Waals surface area contributed by atoms with E-state index >= 15 is 4.39 Å². The summed E-state index contributed by atoms with van der Waals surface area (Å²) < 4.78 is 32.6. The predicted octanol–water partition coefficient (Wildman–Crippen LogP) is 4.58. The van der Waals surface area contributed by atoms with Crippen molar-refractivity contribution in [3.05, 3.63) is 46.8 Å². The molecule has 3 fully saturated rings. The predicted molar refractivity (Wildman–Crippen MR) is 121 cm³/mol. The van der Waals surface area contributed by atoms with Crippen molar-refractivity contribution >= 4 is 34.9 Å². The van der Waals surface area contributed by atoms with Crippen molar-refractivity contribution in [1.29, 1.82) is 0 Å². The monoisotopic (exact) mass is 487 g/mol. The first-order valence-corrected chi connectivity index (χ1v) is 11.4. The Hall–Kier alpha value is -3.16. The average Bonchev–Trinajstić information content (AvgIpc) is 3.53. The number of ether oxygens (including phenoxy) is 3. The summed E-state index contributed by atoms with van der Waals surface area (Å²) in [4.78, 5) is 25.6. The van der Waals surface area contributed by atoms with E-state index in [-0.39, 0.29) is 46.4 Å². The van der Waals surface area contributed by atoms with E-state index in [1.807, 2.05) is 6.92 Å². The number of nitrogens with one attached hydrogen (secondary N) is 1. The zero-order chi connectivity index (χ0) is 23.9. The minimum Gasteiger partial charge on any atom is -0.471 e. The molecule has 2 unspecified atom stereocenters. The highest BCUT2D eigenvalue weighted by Gasteiger charge is 2.47. The Bertz CT molecular complexity index is 1140. The maximum atomic E-state index is 15.2. The topological polar surface area (TPSA) is 90.2 Å². The lowest BCUT2D eigenvalue weighted by Gasteiger charge is -2.46. The third-order valence-electron chi connectivity index (χ3n) is 6.39. The first-order valence-electron chi connectivity index (χ1n) is 11.0. The number of carbonyl (C=O) groups is 1. The van der Waals surface area contributed by atoms with E-state index < -0.39 is 5.82 Å². The molecule has 2 aliphatic heterocycles. The molecule has 0 spiro atoms. The van der Waals surface area contributed by atoms with Crippen molar-refractivity contribution in [3.63, 3.8) is 0 Å². The molecule has 5 rings (SSSR count). The molecule has 9 nitrogen and oxygen atoms in total. The second-order valence-electron chi connectivity index (χ2n) is 9.11. The van der Waals surface area contributed by atoms with Crippen LogP contribution in [0.5, 0.6) is 5.88 Å². The van der Waals surface area contributed by atoms with Crippen molar-refractivity contribution in [2.75, 3.05) is 31.6 Å². The van der Waals surface area contributed by atoms with Gasteiger partial charge in [0.15, 0.2) is 11.5 Å². The molecule has 1 aromatic heterocycles. The molecule has 0 radical (unpaired) electrons. The maximum Gasteiger partial charge on any atom is 0.410 e. The van der Waals surface area contributed by atoms with Crippen LogP contribution < -0.4 is 10.1 Å². The molecular weight excluding hydrogens is 465 g/mol. The lowest BCUT2D eigenvalue weighted by atomic mass is 9.84. The van der Waals surface area contributed by atoms with Gasteiger partial charge in [-0.2, -0.15) is 9.37 Å². The van der Waals surface area contributed by atoms with Crippen LogP contribution in [0.1, 0.15) is 19.8 Å². The average molecular weight is 488 g/mol. The quantitative estimate of drug-likeness (QED) is 0.617. The summed E-state index contributed by atoms with van der Waals surface area (Å²) in [6, 6.07) is 4.63. The SMILES string of the molecule is [C-]#[N+]c1ccc(Nc2ncnc(OC3C4COCC3CN(C(=O)OC3(C)CC3)C4)c2F)c(Cl)c1. The Kier molecular flexibility index (Phi) is 5.91. The number of piperidine rings is 1. The van der Waals surface area contributed by atoms with Crippen LogP contribution in [0.25, 0.3) is 4.85 Å². The third-order valence-corrected chi connectivity index (χ3v) is 6.70. The molecule has 34 heavy (non-hydrogen) atoms.